The predicted molar refractivity (Wildman–Crippen MR) is 347 cm³/mol. The van der Waals surface area contributed by atoms with Crippen LogP contribution in [-0.2, 0) is 17.4 Å². The van der Waals surface area contributed by atoms with E-state index in [4.69, 9.17) is 20.4 Å². The second-order valence-electron chi connectivity index (χ2n) is 24.1. The largest absolute Gasteiger partial charge is 0.396 e. The van der Waals surface area contributed by atoms with Gasteiger partial charge in [-0.2, -0.15) is 0 Å². The van der Waals surface area contributed by atoms with Gasteiger partial charge in [0.2, 0.25) is 0 Å². The van der Waals surface area contributed by atoms with E-state index in [-0.39, 0.29) is 17.4 Å². The van der Waals surface area contributed by atoms with E-state index in [2.05, 4.69) is 27.7 Å². The van der Waals surface area contributed by atoms with Crippen LogP contribution in [0.15, 0.2) is 0 Å². The molecular weight excluding hydrogens is 981 g/mol. The molecule has 4 N–H and O–H groups in total. The summed E-state index contributed by atoms with van der Waals surface area (Å²) >= 11 is 0. The predicted octanol–water partition coefficient (Wildman–Crippen LogP) is 25.0. The van der Waals surface area contributed by atoms with Crippen molar-refractivity contribution in [3.8, 4) is 0 Å². The van der Waals surface area contributed by atoms with E-state index in [1.165, 1.54) is 385 Å². The molecule has 0 radical (unpaired) electrons. The van der Waals surface area contributed by atoms with Crippen molar-refractivity contribution in [1.82, 2.24) is 0 Å². The fraction of sp³-hybridized carbons (Fsp3) is 1.00. The third-order valence-electron chi connectivity index (χ3n) is 16.0. The van der Waals surface area contributed by atoms with Crippen LogP contribution in [0.2, 0.25) is 0 Å². The summed E-state index contributed by atoms with van der Waals surface area (Å²) in [5.41, 5.74) is 0. The summed E-state index contributed by atoms with van der Waals surface area (Å²) in [6.45, 7) is 10.6. The Labute approximate surface area is 500 Å². The molecule has 0 rings (SSSR count). The minimum absolute atomic E-state index is 0. The van der Waals surface area contributed by atoms with E-state index >= 15 is 0 Å². The molecular formula is C72H152CrO4. The molecule has 0 spiro atoms. The van der Waals surface area contributed by atoms with Crippen molar-refractivity contribution in [2.75, 3.05) is 26.4 Å². The maximum absolute atomic E-state index is 8.67. The molecule has 0 heterocycles. The summed E-state index contributed by atoms with van der Waals surface area (Å²) in [6, 6.07) is 0. The number of aliphatic hydroxyl groups is 4. The Morgan fingerprint density at radius 2 is 0.182 bits per heavy atom. The van der Waals surface area contributed by atoms with Crippen molar-refractivity contribution >= 4 is 0 Å². The first-order valence-corrected chi connectivity index (χ1v) is 36.1. The van der Waals surface area contributed by atoms with E-state index in [1.54, 1.807) is 0 Å². The summed E-state index contributed by atoms with van der Waals surface area (Å²) in [5.74, 6) is 0. The van der Waals surface area contributed by atoms with Crippen molar-refractivity contribution in [1.29, 1.82) is 0 Å². The van der Waals surface area contributed by atoms with E-state index in [1.807, 2.05) is 0 Å². The van der Waals surface area contributed by atoms with Crippen molar-refractivity contribution in [3.63, 3.8) is 0 Å². The van der Waals surface area contributed by atoms with Crippen molar-refractivity contribution in [2.45, 2.75) is 439 Å². The normalized spacial score (nSPS) is 10.9. The number of hydrogen-bond donors (Lipinski definition) is 4. The molecule has 4 nitrogen and oxygen atoms in total. The van der Waals surface area contributed by atoms with Crippen molar-refractivity contribution in [2.24, 2.45) is 0 Å². The van der Waals surface area contributed by atoms with Gasteiger partial charge in [0.25, 0.3) is 0 Å². The zero-order valence-corrected chi connectivity index (χ0v) is 55.6. The quantitative estimate of drug-likeness (QED) is 0.0458. The standard InChI is InChI=1S/4C18H38O.Cr/c4*1-2-3-4-5-6-7-8-9-10-11-12-13-14-15-16-17-18-19;/h4*19H,2-18H2,1H3;. The third-order valence-corrected chi connectivity index (χ3v) is 16.0. The fourth-order valence-corrected chi connectivity index (χ4v) is 10.6. The van der Waals surface area contributed by atoms with Gasteiger partial charge < -0.3 is 20.4 Å². The maximum atomic E-state index is 8.67. The summed E-state index contributed by atoms with van der Waals surface area (Å²) in [7, 11) is 0. The molecule has 0 saturated heterocycles. The molecule has 0 unspecified atom stereocenters. The SMILES string of the molecule is CCCCCCCCCCCCCCCCCCO.CCCCCCCCCCCCCCCCCCO.CCCCCCCCCCCCCCCCCCO.CCCCCCCCCCCCCCCCCCO.[Cr]. The first-order valence-electron chi connectivity index (χ1n) is 36.1. The van der Waals surface area contributed by atoms with Gasteiger partial charge in [0.05, 0.1) is 0 Å². The van der Waals surface area contributed by atoms with Crippen LogP contribution in [0, 0.1) is 0 Å². The maximum Gasteiger partial charge on any atom is 0.0431 e. The molecule has 0 aromatic rings. The van der Waals surface area contributed by atoms with Crippen LogP contribution in [0.5, 0.6) is 0 Å². The van der Waals surface area contributed by atoms with E-state index < -0.39 is 0 Å². The van der Waals surface area contributed by atoms with Gasteiger partial charge >= 0.3 is 0 Å². The fourth-order valence-electron chi connectivity index (χ4n) is 10.6. The first kappa shape index (κ1) is 86.2. The molecule has 470 valence electrons. The molecule has 77 heavy (non-hydrogen) atoms. The van der Waals surface area contributed by atoms with Crippen LogP contribution in [-0.4, -0.2) is 46.9 Å². The van der Waals surface area contributed by atoms with E-state index in [9.17, 15) is 0 Å². The van der Waals surface area contributed by atoms with Gasteiger partial charge in [-0.05, 0) is 25.7 Å². The Bertz CT molecular complexity index is 658. The molecule has 0 bridgehead atoms. The molecule has 0 fully saturated rings. The van der Waals surface area contributed by atoms with Crippen molar-refractivity contribution < 1.29 is 37.8 Å². The smallest absolute Gasteiger partial charge is 0.0431 e. The molecule has 0 aliphatic rings. The van der Waals surface area contributed by atoms with Gasteiger partial charge in [0.1, 0.15) is 0 Å². The molecule has 5 heteroatoms. The summed E-state index contributed by atoms with van der Waals surface area (Å²) in [5, 5.41) is 34.7. The molecule has 0 atom stereocenters. The van der Waals surface area contributed by atoms with Gasteiger partial charge in [-0.15, -0.1) is 0 Å². The Kier molecular flexibility index (Phi) is 104. The summed E-state index contributed by atoms with van der Waals surface area (Å²) < 4.78 is 0. The zero-order chi connectivity index (χ0) is 56.1. The minimum atomic E-state index is 0. The van der Waals surface area contributed by atoms with Crippen LogP contribution in [0.3, 0.4) is 0 Å². The number of unbranched alkanes of at least 4 members (excludes halogenated alkanes) is 60. The Morgan fingerprint density at radius 1 is 0.117 bits per heavy atom. The van der Waals surface area contributed by atoms with Crippen LogP contribution >= 0.6 is 0 Å². The Balaban J connectivity index is -0.000000298. The molecule has 0 saturated carbocycles. The minimum Gasteiger partial charge on any atom is -0.396 e. The summed E-state index contributed by atoms with van der Waals surface area (Å²) in [4.78, 5) is 0. The first-order chi connectivity index (χ1) is 37.7. The molecule has 0 aromatic heterocycles. The molecule has 0 amide bonds. The van der Waals surface area contributed by atoms with Gasteiger partial charge in [-0.1, -0.05) is 413 Å². The van der Waals surface area contributed by atoms with Crippen LogP contribution < -0.4 is 0 Å². The summed E-state index contributed by atoms with van der Waals surface area (Å²) in [6.07, 6.45) is 88.7. The van der Waals surface area contributed by atoms with Gasteiger partial charge in [0, 0.05) is 43.8 Å². The number of hydrogen-bond acceptors (Lipinski definition) is 4. The second-order valence-corrected chi connectivity index (χ2v) is 24.1. The van der Waals surface area contributed by atoms with Crippen LogP contribution in [0.4, 0.5) is 0 Å². The Morgan fingerprint density at radius 3 is 0.247 bits per heavy atom. The average Bonchev–Trinajstić information content (AvgIpc) is 3.43. The van der Waals surface area contributed by atoms with Gasteiger partial charge in [0.15, 0.2) is 0 Å². The van der Waals surface area contributed by atoms with Gasteiger partial charge in [-0.3, -0.25) is 0 Å². The molecule has 0 aliphatic heterocycles. The third kappa shape index (κ3) is 102. The van der Waals surface area contributed by atoms with Crippen LogP contribution in [0.25, 0.3) is 0 Å². The molecule has 0 aliphatic carbocycles. The second kappa shape index (κ2) is 92.8. The van der Waals surface area contributed by atoms with E-state index in [0.29, 0.717) is 26.4 Å². The molecule has 0 aromatic carbocycles. The topological polar surface area (TPSA) is 80.9 Å². The zero-order valence-electron chi connectivity index (χ0n) is 54.3. The number of aliphatic hydroxyl groups excluding tert-OH is 4. The monoisotopic (exact) mass is 1130 g/mol. The van der Waals surface area contributed by atoms with E-state index in [0.717, 1.165) is 25.7 Å². The van der Waals surface area contributed by atoms with Crippen molar-refractivity contribution in [3.05, 3.63) is 0 Å². The van der Waals surface area contributed by atoms with Gasteiger partial charge in [-0.25, -0.2) is 0 Å². The Hall–Kier alpha value is 0.372. The van der Waals surface area contributed by atoms with Crippen LogP contribution in [0.1, 0.15) is 439 Å². The number of rotatable bonds is 64. The average molecular weight is 1130 g/mol.